The second-order valence-corrected chi connectivity index (χ2v) is 8.63. The Labute approximate surface area is 131 Å². The molecule has 0 spiro atoms. The van der Waals surface area contributed by atoms with Gasteiger partial charge in [0.05, 0.1) is 11.5 Å². The first kappa shape index (κ1) is 15.3. The zero-order chi connectivity index (χ0) is 15.7. The Morgan fingerprint density at radius 3 is 2.68 bits per heavy atom. The molecule has 6 heteroatoms. The number of benzene rings is 1. The third kappa shape index (κ3) is 3.80. The Morgan fingerprint density at radius 1 is 1.32 bits per heavy atom. The highest BCUT2D eigenvalue weighted by Crippen LogP contribution is 2.28. The number of nitrogens with zero attached hydrogens (tertiary/aromatic N) is 1. The van der Waals surface area contributed by atoms with Gasteiger partial charge < -0.3 is 10.2 Å². The quantitative estimate of drug-likeness (QED) is 0.920. The number of carbonyl (C=O) groups excluding carboxylic acids is 1. The van der Waals surface area contributed by atoms with Crippen molar-refractivity contribution in [2.45, 2.75) is 44.8 Å². The molecule has 1 unspecified atom stereocenters. The molecular weight excluding hydrogens is 300 g/mol. The van der Waals surface area contributed by atoms with E-state index in [1.807, 2.05) is 30.0 Å². The van der Waals surface area contributed by atoms with Crippen molar-refractivity contribution >= 4 is 15.9 Å². The van der Waals surface area contributed by atoms with Crippen LogP contribution in [-0.4, -0.2) is 42.9 Å². The van der Waals surface area contributed by atoms with Gasteiger partial charge in [-0.25, -0.2) is 13.2 Å². The Bertz CT molecular complexity index is 668. The lowest BCUT2D eigenvalue weighted by Crippen LogP contribution is -2.46. The van der Waals surface area contributed by atoms with Crippen molar-refractivity contribution in [1.82, 2.24) is 10.2 Å². The van der Waals surface area contributed by atoms with E-state index in [0.717, 1.165) is 18.4 Å². The molecule has 1 aliphatic carbocycles. The SMILES string of the molecule is Cc1cccc(CN(C(=O)NC2CCS(=O)(=O)C2)C2CC2)c1. The van der Waals surface area contributed by atoms with Crippen LogP contribution >= 0.6 is 0 Å². The predicted octanol–water partition coefficient (Wildman–Crippen LogP) is 1.86. The van der Waals surface area contributed by atoms with Crippen molar-refractivity contribution in [3.63, 3.8) is 0 Å². The van der Waals surface area contributed by atoms with E-state index in [-0.39, 0.29) is 23.6 Å². The summed E-state index contributed by atoms with van der Waals surface area (Å²) < 4.78 is 23.0. The van der Waals surface area contributed by atoms with E-state index in [9.17, 15) is 13.2 Å². The second kappa shape index (κ2) is 5.91. The molecule has 2 amide bonds. The average Bonchev–Trinajstić information content (AvgIpc) is 3.21. The fraction of sp³-hybridized carbons (Fsp3) is 0.562. The van der Waals surface area contributed by atoms with Gasteiger partial charge in [-0.15, -0.1) is 0 Å². The highest BCUT2D eigenvalue weighted by Gasteiger charge is 2.35. The number of carbonyl (C=O) groups is 1. The van der Waals surface area contributed by atoms with E-state index in [2.05, 4.69) is 11.4 Å². The third-order valence-corrected chi connectivity index (χ3v) is 6.01. The fourth-order valence-electron chi connectivity index (χ4n) is 2.93. The van der Waals surface area contributed by atoms with E-state index in [4.69, 9.17) is 0 Å². The first-order chi connectivity index (χ1) is 10.4. The zero-order valence-electron chi connectivity index (χ0n) is 12.8. The molecule has 3 rings (SSSR count). The van der Waals surface area contributed by atoms with Gasteiger partial charge in [-0.2, -0.15) is 0 Å². The van der Waals surface area contributed by atoms with Gasteiger partial charge in [0.15, 0.2) is 9.84 Å². The zero-order valence-corrected chi connectivity index (χ0v) is 13.6. The van der Waals surface area contributed by atoms with E-state index in [1.165, 1.54) is 5.56 Å². The smallest absolute Gasteiger partial charge is 0.318 e. The molecule has 22 heavy (non-hydrogen) atoms. The summed E-state index contributed by atoms with van der Waals surface area (Å²) in [5.74, 6) is 0.251. The maximum absolute atomic E-state index is 12.5. The first-order valence-corrected chi connectivity index (χ1v) is 9.58. The van der Waals surface area contributed by atoms with Gasteiger partial charge >= 0.3 is 6.03 Å². The molecule has 1 saturated carbocycles. The van der Waals surface area contributed by atoms with Gasteiger partial charge in [0.25, 0.3) is 0 Å². The van der Waals surface area contributed by atoms with Crippen LogP contribution in [-0.2, 0) is 16.4 Å². The van der Waals surface area contributed by atoms with E-state index in [0.29, 0.717) is 19.0 Å². The summed E-state index contributed by atoms with van der Waals surface area (Å²) in [7, 11) is -2.97. The van der Waals surface area contributed by atoms with Crippen LogP contribution in [0.4, 0.5) is 4.79 Å². The molecule has 1 N–H and O–H groups in total. The van der Waals surface area contributed by atoms with Gasteiger partial charge in [-0.1, -0.05) is 29.8 Å². The van der Waals surface area contributed by atoms with Crippen molar-refractivity contribution in [3.8, 4) is 0 Å². The Balaban J connectivity index is 1.65. The summed E-state index contributed by atoms with van der Waals surface area (Å²) in [6.45, 7) is 2.62. The summed E-state index contributed by atoms with van der Waals surface area (Å²) in [5.41, 5.74) is 2.29. The second-order valence-electron chi connectivity index (χ2n) is 6.40. The van der Waals surface area contributed by atoms with Crippen LogP contribution in [0, 0.1) is 6.92 Å². The van der Waals surface area contributed by atoms with E-state index >= 15 is 0 Å². The standard InChI is InChI=1S/C16H22N2O3S/c1-12-3-2-4-13(9-12)10-18(15-5-6-15)16(19)17-14-7-8-22(20,21)11-14/h2-4,9,14-15H,5-8,10-11H2,1H3,(H,17,19). The Morgan fingerprint density at radius 2 is 2.09 bits per heavy atom. The minimum Gasteiger partial charge on any atom is -0.334 e. The number of nitrogens with one attached hydrogen (secondary N) is 1. The van der Waals surface area contributed by atoms with Gasteiger partial charge in [-0.3, -0.25) is 0 Å². The van der Waals surface area contributed by atoms with Crippen molar-refractivity contribution in [3.05, 3.63) is 35.4 Å². The van der Waals surface area contributed by atoms with Crippen LogP contribution < -0.4 is 5.32 Å². The molecule has 1 heterocycles. The van der Waals surface area contributed by atoms with E-state index < -0.39 is 9.84 Å². The van der Waals surface area contributed by atoms with Crippen LogP contribution in [0.5, 0.6) is 0 Å². The maximum atomic E-state index is 12.5. The summed E-state index contributed by atoms with van der Waals surface area (Å²) >= 11 is 0. The molecule has 0 aromatic heterocycles. The minimum atomic E-state index is -2.97. The fourth-order valence-corrected chi connectivity index (χ4v) is 4.60. The summed E-state index contributed by atoms with van der Waals surface area (Å²) in [4.78, 5) is 14.3. The van der Waals surface area contributed by atoms with Crippen LogP contribution in [0.1, 0.15) is 30.4 Å². The molecule has 0 bridgehead atoms. The Kier molecular flexibility index (Phi) is 4.12. The van der Waals surface area contributed by atoms with Gasteiger partial charge in [-0.05, 0) is 31.7 Å². The molecule has 1 aromatic carbocycles. The number of aryl methyl sites for hydroxylation is 1. The van der Waals surface area contributed by atoms with Crippen molar-refractivity contribution < 1.29 is 13.2 Å². The Hall–Kier alpha value is -1.56. The predicted molar refractivity (Wildman–Crippen MR) is 85.3 cm³/mol. The molecule has 1 aliphatic heterocycles. The number of hydrogen-bond donors (Lipinski definition) is 1. The number of hydrogen-bond acceptors (Lipinski definition) is 3. The van der Waals surface area contributed by atoms with E-state index in [1.54, 1.807) is 0 Å². The summed E-state index contributed by atoms with van der Waals surface area (Å²) in [5, 5.41) is 2.90. The molecular formula is C16H22N2O3S. The van der Waals surface area contributed by atoms with Crippen molar-refractivity contribution in [1.29, 1.82) is 0 Å². The molecule has 5 nitrogen and oxygen atoms in total. The molecule has 0 radical (unpaired) electrons. The molecule has 2 aliphatic rings. The topological polar surface area (TPSA) is 66.5 Å². The summed E-state index contributed by atoms with van der Waals surface area (Å²) in [6, 6.07) is 8.06. The summed E-state index contributed by atoms with van der Waals surface area (Å²) in [6.07, 6.45) is 2.58. The minimum absolute atomic E-state index is 0.0711. The largest absolute Gasteiger partial charge is 0.334 e. The number of sulfone groups is 1. The number of rotatable bonds is 4. The molecule has 1 atom stereocenters. The van der Waals surface area contributed by atoms with Crippen molar-refractivity contribution in [2.75, 3.05) is 11.5 Å². The average molecular weight is 322 g/mol. The first-order valence-electron chi connectivity index (χ1n) is 7.76. The molecule has 2 fully saturated rings. The lowest BCUT2D eigenvalue weighted by molar-refractivity contribution is 0.189. The maximum Gasteiger partial charge on any atom is 0.318 e. The third-order valence-electron chi connectivity index (χ3n) is 4.24. The highest BCUT2D eigenvalue weighted by molar-refractivity contribution is 7.91. The van der Waals surface area contributed by atoms with Gasteiger partial charge in [0.2, 0.25) is 0 Å². The van der Waals surface area contributed by atoms with Crippen molar-refractivity contribution in [2.24, 2.45) is 0 Å². The number of amides is 2. The van der Waals surface area contributed by atoms with Gasteiger partial charge in [0.1, 0.15) is 0 Å². The highest BCUT2D eigenvalue weighted by atomic mass is 32.2. The normalized spacial score (nSPS) is 23.2. The van der Waals surface area contributed by atoms with Gasteiger partial charge in [0, 0.05) is 18.6 Å². The lowest BCUT2D eigenvalue weighted by Gasteiger charge is -2.25. The van der Waals surface area contributed by atoms with Crippen LogP contribution in [0.15, 0.2) is 24.3 Å². The molecule has 1 aromatic rings. The molecule has 120 valence electrons. The monoisotopic (exact) mass is 322 g/mol. The number of urea groups is 1. The van der Waals surface area contributed by atoms with Crippen LogP contribution in [0.3, 0.4) is 0 Å². The van der Waals surface area contributed by atoms with Crippen LogP contribution in [0.25, 0.3) is 0 Å². The molecule has 1 saturated heterocycles. The van der Waals surface area contributed by atoms with Crippen LogP contribution in [0.2, 0.25) is 0 Å². The lowest BCUT2D eigenvalue weighted by atomic mass is 10.1.